The highest BCUT2D eigenvalue weighted by Crippen LogP contribution is 2.34. The van der Waals surface area contributed by atoms with Crippen molar-refractivity contribution in [3.8, 4) is 0 Å². The molecule has 1 fully saturated rings. The first kappa shape index (κ1) is 15.4. The van der Waals surface area contributed by atoms with Crippen LogP contribution in [-0.4, -0.2) is 31.9 Å². The maximum Gasteiger partial charge on any atom is 0.244 e. The molecule has 1 aromatic rings. The molecule has 0 aromatic carbocycles. The third kappa shape index (κ3) is 3.05. The van der Waals surface area contributed by atoms with Crippen LogP contribution in [0.15, 0.2) is 14.7 Å². The molecule has 108 valence electrons. The summed E-state index contributed by atoms with van der Waals surface area (Å²) in [6, 6.07) is 1.62. The Kier molecular flexibility index (Phi) is 4.72. The zero-order chi connectivity index (χ0) is 14.2. The molecule has 1 aliphatic rings. The fourth-order valence-corrected chi connectivity index (χ4v) is 6.62. The molecule has 4 nitrogen and oxygen atoms in total. The highest BCUT2D eigenvalue weighted by molar-refractivity contribution is 9.11. The number of sulfonamides is 1. The van der Waals surface area contributed by atoms with E-state index in [0.717, 1.165) is 21.5 Å². The molecular formula is C12H19BrN2O2S2. The lowest BCUT2D eigenvalue weighted by molar-refractivity contribution is 0.211. The molecule has 2 unspecified atom stereocenters. The molecule has 2 heterocycles. The molecule has 0 aliphatic carbocycles. The normalized spacial score (nSPS) is 25.7. The van der Waals surface area contributed by atoms with Crippen LogP contribution in [-0.2, 0) is 10.0 Å². The number of piperidine rings is 1. The van der Waals surface area contributed by atoms with E-state index in [1.165, 1.54) is 11.3 Å². The highest BCUT2D eigenvalue weighted by Gasteiger charge is 2.36. The predicted molar refractivity (Wildman–Crippen MR) is 81.9 cm³/mol. The number of hydrogen-bond acceptors (Lipinski definition) is 4. The van der Waals surface area contributed by atoms with Gasteiger partial charge in [0.15, 0.2) is 0 Å². The molecule has 0 radical (unpaired) electrons. The lowest BCUT2D eigenvalue weighted by Gasteiger charge is -2.36. The van der Waals surface area contributed by atoms with Gasteiger partial charge in [0, 0.05) is 24.0 Å². The van der Waals surface area contributed by atoms with Gasteiger partial charge in [-0.3, -0.25) is 0 Å². The Balaban J connectivity index is 2.36. The molecular weight excluding hydrogens is 348 g/mol. The van der Waals surface area contributed by atoms with Gasteiger partial charge in [-0.25, -0.2) is 8.42 Å². The van der Waals surface area contributed by atoms with Gasteiger partial charge in [-0.2, -0.15) is 4.31 Å². The van der Waals surface area contributed by atoms with Crippen molar-refractivity contribution in [2.45, 2.75) is 37.6 Å². The summed E-state index contributed by atoms with van der Waals surface area (Å²) >= 11 is 4.80. The second-order valence-corrected chi connectivity index (χ2v) is 9.60. The highest BCUT2D eigenvalue weighted by atomic mass is 79.9. The van der Waals surface area contributed by atoms with E-state index in [-0.39, 0.29) is 6.04 Å². The van der Waals surface area contributed by atoms with E-state index in [4.69, 9.17) is 5.73 Å². The molecule has 1 aliphatic heterocycles. The van der Waals surface area contributed by atoms with Gasteiger partial charge >= 0.3 is 0 Å². The minimum Gasteiger partial charge on any atom is -0.329 e. The average molecular weight is 367 g/mol. The van der Waals surface area contributed by atoms with Gasteiger partial charge in [0.1, 0.15) is 0 Å². The number of nitrogens with zero attached hydrogens (tertiary/aromatic N) is 1. The summed E-state index contributed by atoms with van der Waals surface area (Å²) in [5.41, 5.74) is 5.76. The SMILES string of the molecule is Cc1sc(Br)cc1S(=O)(=O)N1CCC(C)CC1CN. The van der Waals surface area contributed by atoms with Crippen LogP contribution in [0.2, 0.25) is 0 Å². The monoisotopic (exact) mass is 366 g/mol. The van der Waals surface area contributed by atoms with Crippen LogP contribution in [0.1, 0.15) is 24.6 Å². The number of thiophene rings is 1. The van der Waals surface area contributed by atoms with Crippen LogP contribution in [0.25, 0.3) is 0 Å². The van der Waals surface area contributed by atoms with Crippen LogP contribution < -0.4 is 5.73 Å². The molecule has 0 spiro atoms. The molecule has 1 aromatic heterocycles. The molecule has 7 heteroatoms. The third-order valence-electron chi connectivity index (χ3n) is 3.62. The minimum absolute atomic E-state index is 0.0770. The van der Waals surface area contributed by atoms with E-state index >= 15 is 0 Å². The van der Waals surface area contributed by atoms with Gasteiger partial charge in [-0.05, 0) is 47.7 Å². The summed E-state index contributed by atoms with van der Waals surface area (Å²) in [5.74, 6) is 0.537. The second kappa shape index (κ2) is 5.81. The molecule has 19 heavy (non-hydrogen) atoms. The number of aryl methyl sites for hydroxylation is 1. The predicted octanol–water partition coefficient (Wildman–Crippen LogP) is 2.57. The number of nitrogens with two attached hydrogens (primary N) is 1. The fraction of sp³-hybridized carbons (Fsp3) is 0.667. The Morgan fingerprint density at radius 2 is 2.26 bits per heavy atom. The third-order valence-corrected chi connectivity index (χ3v) is 7.39. The van der Waals surface area contributed by atoms with Crippen molar-refractivity contribution in [1.82, 2.24) is 4.31 Å². The number of hydrogen-bond donors (Lipinski definition) is 1. The largest absolute Gasteiger partial charge is 0.329 e. The van der Waals surface area contributed by atoms with Crippen LogP contribution in [0, 0.1) is 12.8 Å². The van der Waals surface area contributed by atoms with E-state index in [1.807, 2.05) is 6.92 Å². The molecule has 0 bridgehead atoms. The fourth-order valence-electron chi connectivity index (χ4n) is 2.57. The number of rotatable bonds is 3. The van der Waals surface area contributed by atoms with E-state index in [1.54, 1.807) is 10.4 Å². The summed E-state index contributed by atoms with van der Waals surface area (Å²) < 4.78 is 27.9. The molecule has 2 atom stereocenters. The van der Waals surface area contributed by atoms with Crippen molar-refractivity contribution in [3.05, 3.63) is 14.7 Å². The van der Waals surface area contributed by atoms with Crippen molar-refractivity contribution in [2.75, 3.05) is 13.1 Å². The average Bonchev–Trinajstić information content (AvgIpc) is 2.68. The van der Waals surface area contributed by atoms with Crippen molar-refractivity contribution in [3.63, 3.8) is 0 Å². The summed E-state index contributed by atoms with van der Waals surface area (Å²) in [6.07, 6.45) is 1.75. The van der Waals surface area contributed by atoms with Gasteiger partial charge < -0.3 is 5.73 Å². The van der Waals surface area contributed by atoms with Crippen LogP contribution in [0.5, 0.6) is 0 Å². The van der Waals surface area contributed by atoms with Gasteiger partial charge in [-0.15, -0.1) is 11.3 Å². The van der Waals surface area contributed by atoms with Crippen LogP contribution in [0.3, 0.4) is 0 Å². The maximum atomic E-state index is 12.8. The van der Waals surface area contributed by atoms with Gasteiger partial charge in [0.05, 0.1) is 8.68 Å². The lowest BCUT2D eigenvalue weighted by Crippen LogP contribution is -2.49. The molecule has 2 rings (SSSR count). The van der Waals surface area contributed by atoms with Crippen LogP contribution >= 0.6 is 27.3 Å². The van der Waals surface area contributed by atoms with Crippen molar-refractivity contribution < 1.29 is 8.42 Å². The lowest BCUT2D eigenvalue weighted by atomic mass is 9.94. The summed E-state index contributed by atoms with van der Waals surface area (Å²) in [5, 5.41) is 0. The Hall–Kier alpha value is 0.0500. The van der Waals surface area contributed by atoms with E-state index in [2.05, 4.69) is 22.9 Å². The first-order chi connectivity index (χ1) is 8.86. The van der Waals surface area contributed by atoms with Crippen molar-refractivity contribution in [2.24, 2.45) is 11.7 Å². The zero-order valence-corrected chi connectivity index (χ0v) is 14.3. The van der Waals surface area contributed by atoms with E-state index in [0.29, 0.717) is 23.9 Å². The van der Waals surface area contributed by atoms with E-state index < -0.39 is 10.0 Å². The summed E-state index contributed by atoms with van der Waals surface area (Å²) in [6.45, 7) is 4.94. The standard InChI is InChI=1S/C12H19BrN2O2S2/c1-8-3-4-15(10(5-8)7-14)19(16,17)11-6-12(13)18-9(11)2/h6,8,10H,3-5,7,14H2,1-2H3. The molecule has 2 N–H and O–H groups in total. The second-order valence-electron chi connectivity index (χ2n) is 5.11. The van der Waals surface area contributed by atoms with Gasteiger partial charge in [-0.1, -0.05) is 6.92 Å². The maximum absolute atomic E-state index is 12.8. The zero-order valence-electron chi connectivity index (χ0n) is 11.1. The topological polar surface area (TPSA) is 63.4 Å². The van der Waals surface area contributed by atoms with Crippen LogP contribution in [0.4, 0.5) is 0 Å². The minimum atomic E-state index is -3.42. The molecule has 0 amide bonds. The first-order valence-corrected chi connectivity index (χ1v) is 9.39. The Labute approximate surface area is 127 Å². The Bertz CT molecular complexity index is 556. The Morgan fingerprint density at radius 1 is 1.58 bits per heavy atom. The van der Waals surface area contributed by atoms with Gasteiger partial charge in [0.25, 0.3) is 0 Å². The van der Waals surface area contributed by atoms with Crippen molar-refractivity contribution >= 4 is 37.3 Å². The summed E-state index contributed by atoms with van der Waals surface area (Å²) in [4.78, 5) is 1.23. The van der Waals surface area contributed by atoms with E-state index in [9.17, 15) is 8.42 Å². The summed E-state index contributed by atoms with van der Waals surface area (Å²) in [7, 11) is -3.42. The first-order valence-electron chi connectivity index (χ1n) is 6.34. The number of halogens is 1. The Morgan fingerprint density at radius 3 is 2.79 bits per heavy atom. The van der Waals surface area contributed by atoms with Crippen molar-refractivity contribution in [1.29, 1.82) is 0 Å². The van der Waals surface area contributed by atoms with Gasteiger partial charge in [0.2, 0.25) is 10.0 Å². The molecule has 1 saturated heterocycles. The smallest absolute Gasteiger partial charge is 0.244 e. The quantitative estimate of drug-likeness (QED) is 0.893. The molecule has 0 saturated carbocycles.